The number of hydrogen-bond acceptors (Lipinski definition) is 6. The monoisotopic (exact) mass is 490 g/mol. The van der Waals surface area contributed by atoms with Gasteiger partial charge in [0.2, 0.25) is 5.78 Å². The summed E-state index contributed by atoms with van der Waals surface area (Å²) < 4.78 is 21.1. The highest BCUT2D eigenvalue weighted by molar-refractivity contribution is 14.1. The van der Waals surface area contributed by atoms with E-state index in [0.29, 0.717) is 16.7 Å². The number of aryl methyl sites for hydroxylation is 1. The molecule has 27 heavy (non-hydrogen) atoms. The Balaban J connectivity index is 2.36. The van der Waals surface area contributed by atoms with Gasteiger partial charge in [-0.1, -0.05) is 6.07 Å². The molecule has 0 radical (unpaired) electrons. The Kier molecular flexibility index (Phi) is 7.59. The van der Waals surface area contributed by atoms with Crippen molar-refractivity contribution in [3.63, 3.8) is 0 Å². The standard InChI is InChI=1S/C18H20FIN2O5/c1-10-14(5-11-3-4-12(20)6-15(11)19)17(21-22(2)18(10)26)16(25)9-27-8-13(24)7-23/h3-4,6,13,23-24H,5,7-9H2,1-2H3/t13-/m1/s1. The van der Waals surface area contributed by atoms with E-state index in [9.17, 15) is 19.1 Å². The third-order valence-corrected chi connectivity index (χ3v) is 4.67. The third-order valence-electron chi connectivity index (χ3n) is 4.00. The van der Waals surface area contributed by atoms with Gasteiger partial charge in [0.1, 0.15) is 24.2 Å². The van der Waals surface area contributed by atoms with E-state index in [1.165, 1.54) is 13.1 Å². The molecule has 7 nitrogen and oxygen atoms in total. The molecule has 9 heteroatoms. The van der Waals surface area contributed by atoms with Gasteiger partial charge in [0.05, 0.1) is 13.2 Å². The maximum absolute atomic E-state index is 14.2. The summed E-state index contributed by atoms with van der Waals surface area (Å²) in [4.78, 5) is 24.8. The Hall–Kier alpha value is -1.69. The molecule has 1 aromatic heterocycles. The van der Waals surface area contributed by atoms with Gasteiger partial charge >= 0.3 is 0 Å². The fourth-order valence-electron chi connectivity index (χ4n) is 2.51. The quantitative estimate of drug-likeness (QED) is 0.423. The van der Waals surface area contributed by atoms with Gasteiger partial charge in [-0.2, -0.15) is 5.10 Å². The van der Waals surface area contributed by atoms with Crippen LogP contribution in [0.4, 0.5) is 4.39 Å². The summed E-state index contributed by atoms with van der Waals surface area (Å²) in [5.74, 6) is -0.928. The van der Waals surface area contributed by atoms with Gasteiger partial charge in [0.25, 0.3) is 5.56 Å². The SMILES string of the molecule is Cc1c(Cc2ccc(I)cc2F)c(C(=O)COC[C@H](O)CO)nn(C)c1=O. The molecule has 2 aromatic rings. The van der Waals surface area contributed by atoms with E-state index in [2.05, 4.69) is 5.10 Å². The largest absolute Gasteiger partial charge is 0.394 e. The van der Waals surface area contributed by atoms with Crippen LogP contribution in [-0.4, -0.2) is 51.7 Å². The molecule has 0 saturated heterocycles. The van der Waals surface area contributed by atoms with Crippen LogP contribution in [0.15, 0.2) is 23.0 Å². The van der Waals surface area contributed by atoms with Crippen LogP contribution in [0.5, 0.6) is 0 Å². The Morgan fingerprint density at radius 2 is 2.15 bits per heavy atom. The smallest absolute Gasteiger partial charge is 0.269 e. The van der Waals surface area contributed by atoms with Crippen LogP contribution < -0.4 is 5.56 Å². The molecule has 2 rings (SSSR count). The molecule has 0 aliphatic rings. The molecule has 0 aliphatic heterocycles. The molecule has 0 bridgehead atoms. The molecule has 0 spiro atoms. The zero-order valence-electron chi connectivity index (χ0n) is 14.9. The Bertz CT molecular complexity index is 900. The molecule has 0 aliphatic carbocycles. The minimum Gasteiger partial charge on any atom is -0.394 e. The van der Waals surface area contributed by atoms with Gasteiger partial charge in [-0.05, 0) is 52.8 Å². The van der Waals surface area contributed by atoms with Crippen molar-refractivity contribution < 1.29 is 24.1 Å². The zero-order chi connectivity index (χ0) is 20.1. The lowest BCUT2D eigenvalue weighted by Gasteiger charge is -2.14. The summed E-state index contributed by atoms with van der Waals surface area (Å²) in [6.07, 6.45) is -1.05. The predicted molar refractivity (Wildman–Crippen MR) is 104 cm³/mol. The van der Waals surface area contributed by atoms with Gasteiger partial charge in [0.15, 0.2) is 0 Å². The molecule has 0 amide bonds. The number of halogens is 2. The molecule has 2 N–H and O–H groups in total. The van der Waals surface area contributed by atoms with Gasteiger partial charge in [-0.25, -0.2) is 9.07 Å². The molecule has 0 unspecified atom stereocenters. The highest BCUT2D eigenvalue weighted by Crippen LogP contribution is 2.19. The van der Waals surface area contributed by atoms with Crippen molar-refractivity contribution in [1.82, 2.24) is 9.78 Å². The number of carbonyl (C=O) groups excluding carboxylic acids is 1. The van der Waals surface area contributed by atoms with Crippen LogP contribution in [0.2, 0.25) is 0 Å². The van der Waals surface area contributed by atoms with E-state index in [0.717, 1.165) is 8.25 Å². The number of ether oxygens (including phenoxy) is 1. The lowest BCUT2D eigenvalue weighted by molar-refractivity contribution is 0.00877. The molecule has 1 heterocycles. The zero-order valence-corrected chi connectivity index (χ0v) is 17.1. The summed E-state index contributed by atoms with van der Waals surface area (Å²) in [6, 6.07) is 4.72. The van der Waals surface area contributed by atoms with Gasteiger partial charge in [0, 0.05) is 22.6 Å². The first-order chi connectivity index (χ1) is 12.7. The van der Waals surface area contributed by atoms with E-state index in [1.54, 1.807) is 19.1 Å². The van der Waals surface area contributed by atoms with Gasteiger partial charge < -0.3 is 14.9 Å². The average molecular weight is 490 g/mol. The fourth-order valence-corrected chi connectivity index (χ4v) is 2.96. The topological polar surface area (TPSA) is 102 Å². The molecular weight excluding hydrogens is 470 g/mol. The van der Waals surface area contributed by atoms with Crippen molar-refractivity contribution in [1.29, 1.82) is 0 Å². The average Bonchev–Trinajstić information content (AvgIpc) is 2.63. The number of carbonyl (C=O) groups is 1. The first kappa shape index (κ1) is 21.6. The molecule has 0 fully saturated rings. The molecule has 1 atom stereocenters. The predicted octanol–water partition coefficient (Wildman–Crippen LogP) is 0.976. The highest BCUT2D eigenvalue weighted by atomic mass is 127. The van der Waals surface area contributed by atoms with Crippen LogP contribution in [0.1, 0.15) is 27.2 Å². The summed E-state index contributed by atoms with van der Waals surface area (Å²) in [7, 11) is 1.43. The number of aliphatic hydroxyl groups excluding tert-OH is 2. The van der Waals surface area contributed by atoms with E-state index in [1.807, 2.05) is 22.6 Å². The minimum atomic E-state index is -1.09. The first-order valence-electron chi connectivity index (χ1n) is 8.15. The van der Waals surface area contributed by atoms with Crippen molar-refractivity contribution in [2.45, 2.75) is 19.4 Å². The summed E-state index contributed by atoms with van der Waals surface area (Å²) in [5.41, 5.74) is 0.646. The molecule has 146 valence electrons. The van der Waals surface area contributed by atoms with Crippen molar-refractivity contribution in [3.05, 3.63) is 60.3 Å². The molecule has 1 aromatic carbocycles. The van der Waals surface area contributed by atoms with E-state index < -0.39 is 24.3 Å². The summed E-state index contributed by atoms with van der Waals surface area (Å²) in [5, 5.41) is 22.1. The third kappa shape index (κ3) is 5.41. The Morgan fingerprint density at radius 3 is 2.78 bits per heavy atom. The fraction of sp³-hybridized carbons (Fsp3) is 0.389. The Morgan fingerprint density at radius 1 is 1.44 bits per heavy atom. The Labute approximate surface area is 168 Å². The van der Waals surface area contributed by atoms with Crippen LogP contribution in [-0.2, 0) is 18.2 Å². The maximum Gasteiger partial charge on any atom is 0.269 e. The van der Waals surface area contributed by atoms with E-state index >= 15 is 0 Å². The molecular formula is C18H20FIN2O5. The number of aromatic nitrogens is 2. The number of hydrogen-bond donors (Lipinski definition) is 2. The van der Waals surface area contributed by atoms with Crippen molar-refractivity contribution in [2.75, 3.05) is 19.8 Å². The second kappa shape index (κ2) is 9.49. The number of ketones is 1. The first-order valence-corrected chi connectivity index (χ1v) is 9.23. The van der Waals surface area contributed by atoms with Crippen molar-refractivity contribution in [3.8, 4) is 0 Å². The van der Waals surface area contributed by atoms with Crippen LogP contribution in [0.3, 0.4) is 0 Å². The number of aliphatic hydroxyl groups is 2. The van der Waals surface area contributed by atoms with Crippen LogP contribution in [0, 0.1) is 16.3 Å². The van der Waals surface area contributed by atoms with E-state index in [4.69, 9.17) is 9.84 Å². The maximum atomic E-state index is 14.2. The van der Waals surface area contributed by atoms with Crippen molar-refractivity contribution >= 4 is 28.4 Å². The number of Topliss-reactive ketones (excluding diaryl/α,β-unsaturated/α-hetero) is 1. The lowest BCUT2D eigenvalue weighted by Crippen LogP contribution is -2.29. The summed E-state index contributed by atoms with van der Waals surface area (Å²) in [6.45, 7) is 0.484. The van der Waals surface area contributed by atoms with Crippen molar-refractivity contribution in [2.24, 2.45) is 7.05 Å². The number of nitrogens with zero attached hydrogens (tertiary/aromatic N) is 2. The number of rotatable bonds is 8. The normalized spacial score (nSPS) is 12.2. The lowest BCUT2D eigenvalue weighted by atomic mass is 9.98. The number of benzene rings is 1. The van der Waals surface area contributed by atoms with Gasteiger partial charge in [-0.15, -0.1) is 0 Å². The van der Waals surface area contributed by atoms with Gasteiger partial charge in [-0.3, -0.25) is 9.59 Å². The van der Waals surface area contributed by atoms with E-state index in [-0.39, 0.29) is 30.9 Å². The minimum absolute atomic E-state index is 0.0195. The molecule has 0 saturated carbocycles. The second-order valence-electron chi connectivity index (χ2n) is 6.07. The highest BCUT2D eigenvalue weighted by Gasteiger charge is 2.21. The van der Waals surface area contributed by atoms with Crippen LogP contribution >= 0.6 is 22.6 Å². The summed E-state index contributed by atoms with van der Waals surface area (Å²) >= 11 is 2.00. The second-order valence-corrected chi connectivity index (χ2v) is 7.31. The van der Waals surface area contributed by atoms with Crippen LogP contribution in [0.25, 0.3) is 0 Å².